The van der Waals surface area contributed by atoms with Crippen LogP contribution in [0.15, 0.2) is 24.3 Å². The van der Waals surface area contributed by atoms with Crippen molar-refractivity contribution in [1.29, 1.82) is 0 Å². The Morgan fingerprint density at radius 2 is 1.95 bits per heavy atom. The molecule has 1 aromatic rings. The molecular weight excluding hydrogens is 260 g/mol. The number of anilines is 1. The van der Waals surface area contributed by atoms with Gasteiger partial charge in [0.1, 0.15) is 0 Å². The quantitative estimate of drug-likeness (QED) is 0.759. The Labute approximate surface area is 129 Å². The number of hydrogen-bond acceptors (Lipinski definition) is 3. The van der Waals surface area contributed by atoms with Crippen molar-refractivity contribution in [1.82, 2.24) is 0 Å². The van der Waals surface area contributed by atoms with Gasteiger partial charge in [0, 0.05) is 31.4 Å². The number of hydrogen-bond donors (Lipinski definition) is 1. The summed E-state index contributed by atoms with van der Waals surface area (Å²) >= 11 is 0. The monoisotopic (exact) mass is 290 g/mol. The van der Waals surface area contributed by atoms with Crippen LogP contribution in [0.5, 0.6) is 0 Å². The van der Waals surface area contributed by atoms with E-state index in [-0.39, 0.29) is 6.04 Å². The van der Waals surface area contributed by atoms with Gasteiger partial charge in [-0.3, -0.25) is 0 Å². The van der Waals surface area contributed by atoms with Gasteiger partial charge < -0.3 is 15.4 Å². The lowest BCUT2D eigenvalue weighted by atomic mass is 10.0. The van der Waals surface area contributed by atoms with Crippen molar-refractivity contribution in [2.75, 3.05) is 25.2 Å². The van der Waals surface area contributed by atoms with E-state index in [1.165, 1.54) is 24.1 Å². The first-order valence-corrected chi connectivity index (χ1v) is 8.25. The van der Waals surface area contributed by atoms with Crippen LogP contribution < -0.4 is 10.6 Å². The Bertz CT molecular complexity index is 414. The summed E-state index contributed by atoms with van der Waals surface area (Å²) in [5.74, 6) is 0.857. The van der Waals surface area contributed by atoms with Crippen LogP contribution in [0.2, 0.25) is 0 Å². The number of benzene rings is 1. The van der Waals surface area contributed by atoms with Crippen molar-refractivity contribution in [3.8, 4) is 0 Å². The third-order valence-corrected chi connectivity index (χ3v) is 4.62. The molecule has 1 saturated carbocycles. The van der Waals surface area contributed by atoms with Crippen molar-refractivity contribution in [2.45, 2.75) is 51.6 Å². The fraction of sp³-hybridized carbons (Fsp3) is 0.667. The van der Waals surface area contributed by atoms with Crippen molar-refractivity contribution >= 4 is 5.69 Å². The predicted molar refractivity (Wildman–Crippen MR) is 89.8 cm³/mol. The van der Waals surface area contributed by atoms with E-state index in [0.717, 1.165) is 31.9 Å². The lowest BCUT2D eigenvalue weighted by Crippen LogP contribution is -2.37. The fourth-order valence-corrected chi connectivity index (χ4v) is 2.86. The number of methoxy groups -OCH3 is 1. The molecule has 0 amide bonds. The van der Waals surface area contributed by atoms with Crippen LogP contribution in [0.4, 0.5) is 5.69 Å². The summed E-state index contributed by atoms with van der Waals surface area (Å²) in [7, 11) is 1.77. The molecule has 3 nitrogen and oxygen atoms in total. The highest BCUT2D eigenvalue weighted by Crippen LogP contribution is 2.36. The second kappa shape index (κ2) is 7.81. The van der Waals surface area contributed by atoms with Gasteiger partial charge in [0.25, 0.3) is 0 Å². The SMILES string of the molecule is CCC(N)Cc1ccc(N(CCOC)C(C)C2CC2)cc1. The maximum absolute atomic E-state index is 6.04. The molecule has 0 bridgehead atoms. The van der Waals surface area contributed by atoms with E-state index in [2.05, 4.69) is 43.0 Å². The zero-order valence-electron chi connectivity index (χ0n) is 13.7. The van der Waals surface area contributed by atoms with Crippen LogP contribution in [-0.4, -0.2) is 32.3 Å². The normalized spacial score (nSPS) is 17.5. The van der Waals surface area contributed by atoms with Gasteiger partial charge in [0.05, 0.1) is 6.61 Å². The molecule has 2 N–H and O–H groups in total. The van der Waals surface area contributed by atoms with Gasteiger partial charge in [-0.15, -0.1) is 0 Å². The summed E-state index contributed by atoms with van der Waals surface area (Å²) in [6, 6.07) is 9.81. The van der Waals surface area contributed by atoms with Gasteiger partial charge in [-0.05, 0) is 56.2 Å². The molecule has 21 heavy (non-hydrogen) atoms. The Morgan fingerprint density at radius 1 is 1.29 bits per heavy atom. The van der Waals surface area contributed by atoms with E-state index >= 15 is 0 Å². The molecule has 0 aromatic heterocycles. The van der Waals surface area contributed by atoms with Gasteiger partial charge in [-0.2, -0.15) is 0 Å². The van der Waals surface area contributed by atoms with Gasteiger partial charge in [-0.25, -0.2) is 0 Å². The van der Waals surface area contributed by atoms with Gasteiger partial charge in [-0.1, -0.05) is 19.1 Å². The minimum absolute atomic E-state index is 0.269. The Morgan fingerprint density at radius 3 is 2.48 bits per heavy atom. The molecule has 3 heteroatoms. The summed E-state index contributed by atoms with van der Waals surface area (Å²) in [5, 5.41) is 0. The maximum Gasteiger partial charge on any atom is 0.0637 e. The number of rotatable bonds is 9. The Hall–Kier alpha value is -1.06. The molecule has 1 fully saturated rings. The number of nitrogens with two attached hydrogens (primary N) is 1. The van der Waals surface area contributed by atoms with Crippen LogP contribution >= 0.6 is 0 Å². The Balaban J connectivity index is 2.04. The van der Waals surface area contributed by atoms with Crippen LogP contribution in [-0.2, 0) is 11.2 Å². The largest absolute Gasteiger partial charge is 0.383 e. The summed E-state index contributed by atoms with van der Waals surface area (Å²) in [6.45, 7) is 6.22. The minimum Gasteiger partial charge on any atom is -0.383 e. The van der Waals surface area contributed by atoms with Crippen molar-refractivity contribution in [2.24, 2.45) is 11.7 Å². The van der Waals surface area contributed by atoms with E-state index in [4.69, 9.17) is 10.5 Å². The molecule has 0 aliphatic heterocycles. The maximum atomic E-state index is 6.04. The molecular formula is C18H30N2O. The second-order valence-corrected chi connectivity index (χ2v) is 6.30. The molecule has 2 atom stereocenters. The van der Waals surface area contributed by atoms with Gasteiger partial charge in [0.15, 0.2) is 0 Å². The first-order valence-electron chi connectivity index (χ1n) is 8.25. The average Bonchev–Trinajstić information content (AvgIpc) is 3.33. The van der Waals surface area contributed by atoms with Crippen molar-refractivity contribution in [3.05, 3.63) is 29.8 Å². The first kappa shape index (κ1) is 16.3. The highest BCUT2D eigenvalue weighted by molar-refractivity contribution is 5.49. The highest BCUT2D eigenvalue weighted by Gasteiger charge is 2.32. The topological polar surface area (TPSA) is 38.5 Å². The smallest absolute Gasteiger partial charge is 0.0637 e. The predicted octanol–water partition coefficient (Wildman–Crippen LogP) is 3.22. The van der Waals surface area contributed by atoms with Crippen LogP contribution in [0.3, 0.4) is 0 Å². The molecule has 1 aliphatic rings. The summed E-state index contributed by atoms with van der Waals surface area (Å²) < 4.78 is 5.28. The molecule has 0 spiro atoms. The zero-order valence-corrected chi connectivity index (χ0v) is 13.7. The van der Waals surface area contributed by atoms with Crippen LogP contribution in [0, 0.1) is 5.92 Å². The van der Waals surface area contributed by atoms with Crippen LogP contribution in [0.1, 0.15) is 38.7 Å². The van der Waals surface area contributed by atoms with E-state index in [0.29, 0.717) is 6.04 Å². The molecule has 0 radical (unpaired) electrons. The molecule has 1 aromatic carbocycles. The molecule has 118 valence electrons. The van der Waals surface area contributed by atoms with E-state index in [1.807, 2.05) is 0 Å². The standard InChI is InChI=1S/C18H30N2O/c1-4-17(19)13-15-5-9-18(10-6-15)20(11-12-21-3)14(2)16-7-8-16/h5-6,9-10,14,16-17H,4,7-8,11-13,19H2,1-3H3. The molecule has 0 heterocycles. The van der Waals surface area contributed by atoms with Crippen molar-refractivity contribution < 1.29 is 4.74 Å². The first-order chi connectivity index (χ1) is 10.2. The molecule has 0 saturated heterocycles. The Kier molecular flexibility index (Phi) is 6.07. The zero-order chi connectivity index (χ0) is 15.2. The molecule has 1 aliphatic carbocycles. The second-order valence-electron chi connectivity index (χ2n) is 6.30. The lowest BCUT2D eigenvalue weighted by molar-refractivity contribution is 0.202. The number of nitrogens with zero attached hydrogens (tertiary/aromatic N) is 1. The summed E-state index contributed by atoms with van der Waals surface area (Å²) in [6.07, 6.45) is 4.73. The lowest BCUT2D eigenvalue weighted by Gasteiger charge is -2.31. The highest BCUT2D eigenvalue weighted by atomic mass is 16.5. The summed E-state index contributed by atoms with van der Waals surface area (Å²) in [5.41, 5.74) is 8.68. The minimum atomic E-state index is 0.269. The van der Waals surface area contributed by atoms with E-state index < -0.39 is 0 Å². The van der Waals surface area contributed by atoms with E-state index in [9.17, 15) is 0 Å². The van der Waals surface area contributed by atoms with Crippen LogP contribution in [0.25, 0.3) is 0 Å². The van der Waals surface area contributed by atoms with E-state index in [1.54, 1.807) is 7.11 Å². The third-order valence-electron chi connectivity index (χ3n) is 4.62. The molecule has 2 rings (SSSR count). The van der Waals surface area contributed by atoms with Gasteiger partial charge >= 0.3 is 0 Å². The average molecular weight is 290 g/mol. The summed E-state index contributed by atoms with van der Waals surface area (Å²) in [4.78, 5) is 2.49. The van der Waals surface area contributed by atoms with Crippen molar-refractivity contribution in [3.63, 3.8) is 0 Å². The van der Waals surface area contributed by atoms with Gasteiger partial charge in [0.2, 0.25) is 0 Å². The third kappa shape index (κ3) is 4.72. The molecule has 2 unspecified atom stereocenters. The number of ether oxygens (including phenoxy) is 1. The fourth-order valence-electron chi connectivity index (χ4n) is 2.86.